The minimum absolute atomic E-state index is 0.0324. The molecular weight excluding hydrogens is 382 g/mol. The number of nitrogens with one attached hydrogen (secondary N) is 2. The molecule has 0 spiro atoms. The van der Waals surface area contributed by atoms with Crippen LogP contribution in [-0.4, -0.2) is 18.0 Å². The average Bonchev–Trinajstić information content (AvgIpc) is 3.06. The number of fused-ring (bicyclic) bond motifs is 4. The van der Waals surface area contributed by atoms with E-state index in [9.17, 15) is 4.79 Å². The molecule has 1 unspecified atom stereocenters. The van der Waals surface area contributed by atoms with E-state index < -0.39 is 6.17 Å². The second-order valence-electron chi connectivity index (χ2n) is 6.89. The van der Waals surface area contributed by atoms with Crippen molar-refractivity contribution in [1.82, 2.24) is 10.3 Å². The maximum Gasteiger partial charge on any atom is 0.256 e. The number of aryl methyl sites for hydroxylation is 1. The number of nitrogens with zero attached hydrogens (tertiary/aromatic N) is 1. The summed E-state index contributed by atoms with van der Waals surface area (Å²) in [5.41, 5.74) is 3.58. The SMILES string of the molecule is COc1ccc2nc(Cl)c(C3NC(=O)c4c(sc5c4CCCC5)N3)cc2c1. The number of pyridine rings is 1. The monoisotopic (exact) mass is 399 g/mol. The molecule has 1 aromatic carbocycles. The van der Waals surface area contributed by atoms with Gasteiger partial charge in [0.1, 0.15) is 22.1 Å². The first-order chi connectivity index (χ1) is 13.1. The molecule has 27 heavy (non-hydrogen) atoms. The molecule has 0 saturated carbocycles. The van der Waals surface area contributed by atoms with E-state index in [4.69, 9.17) is 16.3 Å². The van der Waals surface area contributed by atoms with Gasteiger partial charge in [-0.25, -0.2) is 4.98 Å². The number of hydrogen-bond donors (Lipinski definition) is 2. The van der Waals surface area contributed by atoms with E-state index in [1.165, 1.54) is 16.9 Å². The molecule has 0 saturated heterocycles. The van der Waals surface area contributed by atoms with Crippen LogP contribution >= 0.6 is 22.9 Å². The highest BCUT2D eigenvalue weighted by atomic mass is 35.5. The van der Waals surface area contributed by atoms with Gasteiger partial charge in [-0.15, -0.1) is 11.3 Å². The molecule has 2 aliphatic rings. The quantitative estimate of drug-likeness (QED) is 0.613. The third-order valence-electron chi connectivity index (χ3n) is 5.26. The van der Waals surface area contributed by atoms with E-state index in [1.54, 1.807) is 18.4 Å². The molecule has 7 heteroatoms. The van der Waals surface area contributed by atoms with Gasteiger partial charge in [-0.3, -0.25) is 4.79 Å². The maximum absolute atomic E-state index is 12.8. The molecule has 0 bridgehead atoms. The second kappa shape index (κ2) is 6.39. The van der Waals surface area contributed by atoms with E-state index >= 15 is 0 Å². The van der Waals surface area contributed by atoms with Gasteiger partial charge < -0.3 is 15.4 Å². The molecule has 5 rings (SSSR count). The standard InChI is InChI=1S/C20H18ClN3O2S/c1-26-11-6-7-14-10(8-11)9-13(17(21)22-14)18-23-19(25)16-12-4-2-3-5-15(12)27-20(16)24-18/h6-9,18,24H,2-5H2,1H3,(H,23,25). The van der Waals surface area contributed by atoms with Crippen molar-refractivity contribution in [3.05, 3.63) is 51.0 Å². The van der Waals surface area contributed by atoms with E-state index in [2.05, 4.69) is 15.6 Å². The average molecular weight is 400 g/mol. The van der Waals surface area contributed by atoms with Gasteiger partial charge in [0.2, 0.25) is 0 Å². The summed E-state index contributed by atoms with van der Waals surface area (Å²) < 4.78 is 5.30. The van der Waals surface area contributed by atoms with Gasteiger partial charge in [-0.2, -0.15) is 0 Å². The van der Waals surface area contributed by atoms with Crippen LogP contribution in [0.1, 0.15) is 45.4 Å². The van der Waals surface area contributed by atoms with Gasteiger partial charge in [0.25, 0.3) is 5.91 Å². The molecule has 1 amide bonds. The highest BCUT2D eigenvalue weighted by Crippen LogP contribution is 2.42. The fraction of sp³-hybridized carbons (Fsp3) is 0.300. The molecule has 3 aromatic rings. The van der Waals surface area contributed by atoms with Crippen molar-refractivity contribution in [2.45, 2.75) is 31.8 Å². The summed E-state index contributed by atoms with van der Waals surface area (Å²) in [5, 5.41) is 8.77. The third-order valence-corrected chi connectivity index (χ3v) is 6.79. The first-order valence-electron chi connectivity index (χ1n) is 9.00. The molecule has 3 heterocycles. The summed E-state index contributed by atoms with van der Waals surface area (Å²) in [6.45, 7) is 0. The highest BCUT2D eigenvalue weighted by molar-refractivity contribution is 7.16. The molecule has 2 aromatic heterocycles. The zero-order chi connectivity index (χ0) is 18.5. The van der Waals surface area contributed by atoms with Crippen LogP contribution in [-0.2, 0) is 12.8 Å². The van der Waals surface area contributed by atoms with Crippen LogP contribution in [0.2, 0.25) is 5.15 Å². The van der Waals surface area contributed by atoms with Gasteiger partial charge in [-0.05, 0) is 55.5 Å². The molecule has 1 atom stereocenters. The highest BCUT2D eigenvalue weighted by Gasteiger charge is 2.33. The zero-order valence-corrected chi connectivity index (χ0v) is 16.3. The first kappa shape index (κ1) is 16.8. The Labute approximate surface area is 165 Å². The lowest BCUT2D eigenvalue weighted by molar-refractivity contribution is 0.0935. The summed E-state index contributed by atoms with van der Waals surface area (Å²) in [6, 6.07) is 7.61. The number of amides is 1. The van der Waals surface area contributed by atoms with Crippen LogP contribution in [0.15, 0.2) is 24.3 Å². The molecule has 2 N–H and O–H groups in total. The molecule has 1 aliphatic heterocycles. The number of carbonyl (C=O) groups is 1. The topological polar surface area (TPSA) is 63.2 Å². The Morgan fingerprint density at radius 3 is 2.93 bits per heavy atom. The van der Waals surface area contributed by atoms with Crippen LogP contribution in [0.3, 0.4) is 0 Å². The number of methoxy groups -OCH3 is 1. The van der Waals surface area contributed by atoms with Crippen molar-refractivity contribution < 1.29 is 9.53 Å². The fourth-order valence-corrected chi connectivity index (χ4v) is 5.48. The molecule has 138 valence electrons. The number of ether oxygens (including phenoxy) is 1. The Morgan fingerprint density at radius 1 is 1.22 bits per heavy atom. The number of hydrogen-bond acceptors (Lipinski definition) is 5. The lowest BCUT2D eigenvalue weighted by atomic mass is 9.94. The minimum atomic E-state index is -0.402. The summed E-state index contributed by atoms with van der Waals surface area (Å²) in [5.74, 6) is 0.724. The van der Waals surface area contributed by atoms with E-state index in [0.29, 0.717) is 5.15 Å². The van der Waals surface area contributed by atoms with Gasteiger partial charge in [0, 0.05) is 15.8 Å². The van der Waals surface area contributed by atoms with Gasteiger partial charge in [-0.1, -0.05) is 11.6 Å². The maximum atomic E-state index is 12.8. The van der Waals surface area contributed by atoms with Gasteiger partial charge >= 0.3 is 0 Å². The van der Waals surface area contributed by atoms with Crippen LogP contribution in [0.25, 0.3) is 10.9 Å². The number of carbonyl (C=O) groups excluding carboxylic acids is 1. The Kier molecular flexibility index (Phi) is 3.98. The Hall–Kier alpha value is -2.31. The van der Waals surface area contributed by atoms with E-state index in [-0.39, 0.29) is 5.91 Å². The smallest absolute Gasteiger partial charge is 0.256 e. The third kappa shape index (κ3) is 2.75. The Bertz CT molecular complexity index is 1080. The van der Waals surface area contributed by atoms with Crippen LogP contribution in [0.4, 0.5) is 5.00 Å². The molecular formula is C20H18ClN3O2S. The first-order valence-corrected chi connectivity index (χ1v) is 10.2. The van der Waals surface area contributed by atoms with Crippen molar-refractivity contribution in [3.63, 3.8) is 0 Å². The van der Waals surface area contributed by atoms with Crippen molar-refractivity contribution in [1.29, 1.82) is 0 Å². The predicted molar refractivity (Wildman–Crippen MR) is 108 cm³/mol. The van der Waals surface area contributed by atoms with Crippen LogP contribution in [0.5, 0.6) is 5.75 Å². The van der Waals surface area contributed by atoms with Gasteiger partial charge in [0.05, 0.1) is 18.2 Å². The summed E-state index contributed by atoms with van der Waals surface area (Å²) in [6.07, 6.45) is 3.99. The summed E-state index contributed by atoms with van der Waals surface area (Å²) in [4.78, 5) is 18.7. The zero-order valence-electron chi connectivity index (χ0n) is 14.8. The van der Waals surface area contributed by atoms with Crippen molar-refractivity contribution in [2.24, 2.45) is 0 Å². The van der Waals surface area contributed by atoms with Crippen molar-refractivity contribution in [2.75, 3.05) is 12.4 Å². The van der Waals surface area contributed by atoms with Crippen molar-refractivity contribution >= 4 is 44.7 Å². The Morgan fingerprint density at radius 2 is 2.07 bits per heavy atom. The Balaban J connectivity index is 1.56. The minimum Gasteiger partial charge on any atom is -0.497 e. The number of rotatable bonds is 2. The van der Waals surface area contributed by atoms with E-state index in [1.807, 2.05) is 24.3 Å². The van der Waals surface area contributed by atoms with Gasteiger partial charge in [0.15, 0.2) is 0 Å². The molecule has 0 fully saturated rings. The summed E-state index contributed by atoms with van der Waals surface area (Å²) in [7, 11) is 1.63. The number of halogens is 1. The lowest BCUT2D eigenvalue weighted by Gasteiger charge is -2.27. The fourth-order valence-electron chi connectivity index (χ4n) is 3.91. The van der Waals surface area contributed by atoms with Crippen LogP contribution < -0.4 is 15.4 Å². The number of aromatic nitrogens is 1. The number of anilines is 1. The van der Waals surface area contributed by atoms with Crippen LogP contribution in [0, 0.1) is 0 Å². The summed E-state index contributed by atoms with van der Waals surface area (Å²) >= 11 is 8.16. The van der Waals surface area contributed by atoms with E-state index in [0.717, 1.165) is 52.0 Å². The molecule has 5 nitrogen and oxygen atoms in total. The predicted octanol–water partition coefficient (Wildman–Crippen LogP) is 4.69. The number of benzene rings is 1. The molecule has 1 aliphatic carbocycles. The molecule has 0 radical (unpaired) electrons. The van der Waals surface area contributed by atoms with Crippen molar-refractivity contribution in [3.8, 4) is 5.75 Å². The largest absolute Gasteiger partial charge is 0.497 e. The lowest BCUT2D eigenvalue weighted by Crippen LogP contribution is -2.38. The second-order valence-corrected chi connectivity index (χ2v) is 8.36. The number of thiophene rings is 1. The normalized spacial score (nSPS) is 18.4.